The Kier molecular flexibility index (Phi) is 3.80. The van der Waals surface area contributed by atoms with Crippen LogP contribution >= 0.6 is 11.6 Å². The number of H-pyrrole nitrogens is 1. The maximum Gasteiger partial charge on any atom is 0.349 e. The second kappa shape index (κ2) is 5.21. The van der Waals surface area contributed by atoms with Crippen LogP contribution < -0.4 is 11.0 Å². The lowest BCUT2D eigenvalue weighted by Gasteiger charge is -2.31. The van der Waals surface area contributed by atoms with Crippen molar-refractivity contribution >= 4 is 23.1 Å². The average Bonchev–Trinajstić information content (AvgIpc) is 2.78. The van der Waals surface area contributed by atoms with Crippen LogP contribution in [0.3, 0.4) is 0 Å². The highest BCUT2D eigenvalue weighted by Crippen LogP contribution is 2.23. The fourth-order valence-electron chi connectivity index (χ4n) is 2.08. The molecule has 0 aliphatic rings. The van der Waals surface area contributed by atoms with Gasteiger partial charge in [0.1, 0.15) is 11.6 Å². The van der Waals surface area contributed by atoms with Crippen LogP contribution in [0, 0.1) is 6.92 Å². The van der Waals surface area contributed by atoms with Crippen LogP contribution in [0.1, 0.15) is 32.5 Å². The first-order chi connectivity index (χ1) is 9.05. The highest BCUT2D eigenvalue weighted by molar-refractivity contribution is 6.18. The quantitative estimate of drug-likeness (QED) is 0.822. The minimum absolute atomic E-state index is 0.185. The van der Waals surface area contributed by atoms with Gasteiger partial charge in [0.15, 0.2) is 5.65 Å². The van der Waals surface area contributed by atoms with Gasteiger partial charge in [-0.2, -0.15) is 5.10 Å². The number of aromatic nitrogens is 4. The van der Waals surface area contributed by atoms with E-state index in [1.165, 1.54) is 4.40 Å². The predicted molar refractivity (Wildman–Crippen MR) is 76.0 cm³/mol. The summed E-state index contributed by atoms with van der Waals surface area (Å²) in [6.45, 7) is 5.95. The maximum atomic E-state index is 11.5. The van der Waals surface area contributed by atoms with Gasteiger partial charge in [-0.3, -0.25) is 0 Å². The number of fused-ring (bicyclic) bond motifs is 1. The molecular weight excluding hydrogens is 266 g/mol. The number of nitrogens with one attached hydrogen (secondary N) is 2. The molecular formula is C12H18ClN5O. The molecule has 0 aliphatic carbocycles. The molecule has 2 aromatic rings. The largest absolute Gasteiger partial charge is 0.363 e. The molecule has 0 atom stereocenters. The molecule has 2 rings (SSSR count). The number of aryl methyl sites for hydroxylation is 1. The molecule has 0 bridgehead atoms. The molecule has 104 valence electrons. The van der Waals surface area contributed by atoms with E-state index in [1.807, 2.05) is 0 Å². The highest BCUT2D eigenvalue weighted by atomic mass is 35.5. The number of hydrogen-bond acceptors (Lipinski definition) is 4. The van der Waals surface area contributed by atoms with Crippen molar-refractivity contribution in [2.75, 3.05) is 11.2 Å². The highest BCUT2D eigenvalue weighted by Gasteiger charge is 2.25. The Morgan fingerprint density at radius 1 is 1.47 bits per heavy atom. The Hall–Kier alpha value is -1.56. The van der Waals surface area contributed by atoms with Gasteiger partial charge in [-0.25, -0.2) is 19.3 Å². The third kappa shape index (κ3) is 2.45. The molecule has 2 N–H and O–H groups in total. The van der Waals surface area contributed by atoms with E-state index in [1.54, 1.807) is 13.0 Å². The van der Waals surface area contributed by atoms with Crippen molar-refractivity contribution in [1.82, 2.24) is 19.6 Å². The number of anilines is 1. The van der Waals surface area contributed by atoms with Gasteiger partial charge >= 0.3 is 5.69 Å². The molecule has 0 unspecified atom stereocenters. The molecule has 0 amide bonds. The van der Waals surface area contributed by atoms with E-state index in [9.17, 15) is 4.79 Å². The Morgan fingerprint density at radius 2 is 2.16 bits per heavy atom. The van der Waals surface area contributed by atoms with Gasteiger partial charge in [0.2, 0.25) is 0 Å². The van der Waals surface area contributed by atoms with Crippen molar-refractivity contribution in [1.29, 1.82) is 0 Å². The van der Waals surface area contributed by atoms with Gasteiger partial charge in [0, 0.05) is 11.9 Å². The molecule has 7 heteroatoms. The van der Waals surface area contributed by atoms with Crippen LogP contribution in [0.2, 0.25) is 0 Å². The number of nitrogens with zero attached hydrogens (tertiary/aromatic N) is 3. The molecule has 0 fully saturated rings. The van der Waals surface area contributed by atoms with Crippen molar-refractivity contribution in [2.45, 2.75) is 39.2 Å². The number of halogens is 1. The van der Waals surface area contributed by atoms with Crippen LogP contribution in [0.15, 0.2) is 10.9 Å². The van der Waals surface area contributed by atoms with Crippen LogP contribution in [0.5, 0.6) is 0 Å². The first-order valence-electron chi connectivity index (χ1n) is 6.34. The van der Waals surface area contributed by atoms with Crippen molar-refractivity contribution < 1.29 is 0 Å². The summed E-state index contributed by atoms with van der Waals surface area (Å²) in [5.74, 6) is 1.78. The molecule has 0 radical (unpaired) electrons. The minimum Gasteiger partial charge on any atom is -0.363 e. The lowest BCUT2D eigenvalue weighted by atomic mass is 9.95. The molecule has 0 saturated carbocycles. The molecule has 0 spiro atoms. The summed E-state index contributed by atoms with van der Waals surface area (Å²) in [4.78, 5) is 15.9. The SMILES string of the molecule is CCC(CC)(CCl)Nc1cc2n[nH]c(=O)n2c(C)n1. The van der Waals surface area contributed by atoms with Gasteiger partial charge in [-0.1, -0.05) is 13.8 Å². The van der Waals surface area contributed by atoms with Gasteiger partial charge in [-0.05, 0) is 19.8 Å². The zero-order valence-corrected chi connectivity index (χ0v) is 12.1. The predicted octanol–water partition coefficient (Wildman–Crippen LogP) is 1.94. The summed E-state index contributed by atoms with van der Waals surface area (Å²) in [7, 11) is 0. The first-order valence-corrected chi connectivity index (χ1v) is 6.87. The molecule has 0 saturated heterocycles. The number of hydrogen-bond donors (Lipinski definition) is 2. The maximum absolute atomic E-state index is 11.5. The summed E-state index contributed by atoms with van der Waals surface area (Å²) >= 11 is 6.07. The monoisotopic (exact) mass is 283 g/mol. The van der Waals surface area contributed by atoms with Gasteiger partial charge in [0.25, 0.3) is 0 Å². The number of rotatable bonds is 5. The zero-order valence-electron chi connectivity index (χ0n) is 11.3. The molecule has 0 aliphatic heterocycles. The summed E-state index contributed by atoms with van der Waals surface area (Å²) in [6.07, 6.45) is 1.79. The van der Waals surface area contributed by atoms with Crippen molar-refractivity contribution in [3.8, 4) is 0 Å². The van der Waals surface area contributed by atoms with E-state index in [0.717, 1.165) is 12.8 Å². The standard InChI is InChI=1S/C12H18ClN5O/c1-4-12(5-2,7-13)15-9-6-10-16-17-11(19)18(10)8(3)14-9/h6,15H,4-5,7H2,1-3H3,(H,17,19). The van der Waals surface area contributed by atoms with Crippen LogP contribution in [0.25, 0.3) is 5.65 Å². The summed E-state index contributed by atoms with van der Waals surface area (Å²) in [6, 6.07) is 1.75. The van der Waals surface area contributed by atoms with E-state index in [-0.39, 0.29) is 11.2 Å². The van der Waals surface area contributed by atoms with Crippen LogP contribution in [-0.4, -0.2) is 31.0 Å². The molecule has 6 nitrogen and oxygen atoms in total. The fraction of sp³-hybridized carbons (Fsp3) is 0.583. The zero-order chi connectivity index (χ0) is 14.0. The van der Waals surface area contributed by atoms with Crippen molar-refractivity contribution in [2.24, 2.45) is 0 Å². The van der Waals surface area contributed by atoms with E-state index < -0.39 is 0 Å². The Balaban J connectivity index is 2.44. The Labute approximate surface area is 116 Å². The molecule has 2 heterocycles. The minimum atomic E-state index is -0.277. The summed E-state index contributed by atoms with van der Waals surface area (Å²) < 4.78 is 1.44. The lowest BCUT2D eigenvalue weighted by molar-refractivity contribution is 0.482. The third-order valence-corrected chi connectivity index (χ3v) is 4.08. The molecule has 2 aromatic heterocycles. The van der Waals surface area contributed by atoms with E-state index in [0.29, 0.717) is 23.2 Å². The Morgan fingerprint density at radius 3 is 2.74 bits per heavy atom. The average molecular weight is 284 g/mol. The first kappa shape index (κ1) is 13.9. The lowest BCUT2D eigenvalue weighted by Crippen LogP contribution is -2.39. The van der Waals surface area contributed by atoms with E-state index in [2.05, 4.69) is 34.3 Å². The summed E-state index contributed by atoms with van der Waals surface area (Å²) in [5, 5.41) is 9.74. The molecule has 19 heavy (non-hydrogen) atoms. The topological polar surface area (TPSA) is 75.1 Å². The van der Waals surface area contributed by atoms with Crippen LogP contribution in [-0.2, 0) is 0 Å². The smallest absolute Gasteiger partial charge is 0.349 e. The van der Waals surface area contributed by atoms with Gasteiger partial charge in [-0.15, -0.1) is 11.6 Å². The summed E-state index contributed by atoms with van der Waals surface area (Å²) in [5.41, 5.74) is 0.0902. The number of aromatic amines is 1. The normalized spacial score (nSPS) is 12.0. The second-order valence-electron chi connectivity index (χ2n) is 4.66. The number of alkyl halides is 1. The van der Waals surface area contributed by atoms with Crippen LogP contribution in [0.4, 0.5) is 5.82 Å². The molecule has 0 aromatic carbocycles. The van der Waals surface area contributed by atoms with Gasteiger partial charge < -0.3 is 5.32 Å². The van der Waals surface area contributed by atoms with Crippen molar-refractivity contribution in [3.05, 3.63) is 22.4 Å². The van der Waals surface area contributed by atoms with Crippen molar-refractivity contribution in [3.63, 3.8) is 0 Å². The van der Waals surface area contributed by atoms with Gasteiger partial charge in [0.05, 0.1) is 5.54 Å². The third-order valence-electron chi connectivity index (χ3n) is 3.57. The Bertz CT molecular complexity index is 620. The second-order valence-corrected chi connectivity index (χ2v) is 4.92. The fourth-order valence-corrected chi connectivity index (χ4v) is 2.53. The van der Waals surface area contributed by atoms with E-state index >= 15 is 0 Å². The van der Waals surface area contributed by atoms with E-state index in [4.69, 9.17) is 11.6 Å².